The van der Waals surface area contributed by atoms with Gasteiger partial charge < -0.3 is 15.2 Å². The van der Waals surface area contributed by atoms with Gasteiger partial charge in [0.15, 0.2) is 6.10 Å². The summed E-state index contributed by atoms with van der Waals surface area (Å²) in [6.07, 6.45) is -0.447. The van der Waals surface area contributed by atoms with E-state index < -0.39 is 23.7 Å². The van der Waals surface area contributed by atoms with Crippen molar-refractivity contribution in [3.63, 3.8) is 0 Å². The van der Waals surface area contributed by atoms with E-state index in [1.807, 2.05) is 0 Å². The monoisotopic (exact) mass is 401 g/mol. The second-order valence-electron chi connectivity index (χ2n) is 7.26. The van der Waals surface area contributed by atoms with Gasteiger partial charge in [-0.3, -0.25) is 4.79 Å². The summed E-state index contributed by atoms with van der Waals surface area (Å²) < 4.78 is 6.48. The Bertz CT molecular complexity index is 1040. The fourth-order valence-corrected chi connectivity index (χ4v) is 2.80. The number of hydrogen-bond acceptors (Lipinski definition) is 5. The quantitative estimate of drug-likeness (QED) is 0.687. The Hall–Kier alpha value is -2.90. The third-order valence-corrected chi connectivity index (χ3v) is 4.05. The zero-order valence-corrected chi connectivity index (χ0v) is 16.4. The molecule has 0 bridgehead atoms. The van der Waals surface area contributed by atoms with E-state index in [-0.39, 0.29) is 0 Å². The number of aliphatic hydroxyl groups excluding tert-OH is 1. The van der Waals surface area contributed by atoms with E-state index in [2.05, 4.69) is 10.4 Å². The first-order valence-electron chi connectivity index (χ1n) is 8.59. The number of amides is 1. The average molecular weight is 402 g/mol. The molecule has 0 saturated heterocycles. The number of fused-ring (bicyclic) bond motifs is 1. The Morgan fingerprint density at radius 1 is 1.21 bits per heavy atom. The number of hydrogen-bond donors (Lipinski definition) is 2. The predicted octanol–water partition coefficient (Wildman–Crippen LogP) is 4.15. The minimum Gasteiger partial charge on any atom is -0.442 e. The lowest BCUT2D eigenvalue weighted by molar-refractivity contribution is -0.124. The molecule has 1 aromatic heterocycles. The van der Waals surface area contributed by atoms with Gasteiger partial charge in [-0.05, 0) is 56.7 Å². The predicted molar refractivity (Wildman–Crippen MR) is 106 cm³/mol. The summed E-state index contributed by atoms with van der Waals surface area (Å²) in [6.45, 7) is 5.32. The van der Waals surface area contributed by atoms with Crippen LogP contribution in [0, 0.1) is 0 Å². The molecule has 146 valence electrons. The maximum absolute atomic E-state index is 12.3. The number of carbonyl (C=O) groups is 2. The Morgan fingerprint density at radius 2 is 1.96 bits per heavy atom. The molecule has 0 unspecified atom stereocenters. The molecule has 0 fully saturated rings. The van der Waals surface area contributed by atoms with Crippen molar-refractivity contribution in [3.8, 4) is 0 Å². The van der Waals surface area contributed by atoms with Crippen LogP contribution < -0.4 is 5.32 Å². The molecule has 2 N–H and O–H groups in total. The first-order valence-corrected chi connectivity index (χ1v) is 8.97. The number of anilines is 1. The second-order valence-corrected chi connectivity index (χ2v) is 7.69. The molecule has 0 spiro atoms. The molecule has 1 amide bonds. The van der Waals surface area contributed by atoms with Gasteiger partial charge in [0.05, 0.1) is 11.7 Å². The summed E-state index contributed by atoms with van der Waals surface area (Å²) in [6, 6.07) is 11.4. The van der Waals surface area contributed by atoms with Crippen molar-refractivity contribution in [3.05, 3.63) is 59.2 Å². The van der Waals surface area contributed by atoms with E-state index in [0.29, 0.717) is 27.2 Å². The Morgan fingerprint density at radius 3 is 2.64 bits per heavy atom. The lowest BCUT2D eigenvalue weighted by atomic mass is 10.1. The first-order chi connectivity index (χ1) is 13.1. The SMILES string of the molecule is CC(C)(C)OC(=O)n1ncc2cc(NC(=O)[C@H](O)c3cccc(Cl)c3)ccc21. The van der Waals surface area contributed by atoms with Crippen LogP contribution in [0.3, 0.4) is 0 Å². The molecule has 1 heterocycles. The molecule has 0 saturated carbocycles. The van der Waals surface area contributed by atoms with Crippen LogP contribution in [0.2, 0.25) is 5.02 Å². The van der Waals surface area contributed by atoms with E-state index in [1.54, 1.807) is 57.2 Å². The van der Waals surface area contributed by atoms with Crippen LogP contribution in [0.1, 0.15) is 32.4 Å². The lowest BCUT2D eigenvalue weighted by Gasteiger charge is -2.19. The molecule has 0 aliphatic heterocycles. The number of halogens is 1. The fourth-order valence-electron chi connectivity index (χ4n) is 2.60. The van der Waals surface area contributed by atoms with Crippen molar-refractivity contribution in [2.75, 3.05) is 5.32 Å². The van der Waals surface area contributed by atoms with Crippen LogP contribution in [-0.4, -0.2) is 32.5 Å². The lowest BCUT2D eigenvalue weighted by Crippen LogP contribution is -2.27. The smallest absolute Gasteiger partial charge is 0.435 e. The van der Waals surface area contributed by atoms with Crippen molar-refractivity contribution in [2.24, 2.45) is 0 Å². The van der Waals surface area contributed by atoms with Gasteiger partial charge in [-0.2, -0.15) is 9.78 Å². The van der Waals surface area contributed by atoms with Crippen molar-refractivity contribution in [2.45, 2.75) is 32.5 Å². The molecule has 8 heteroatoms. The number of nitrogens with one attached hydrogen (secondary N) is 1. The average Bonchev–Trinajstić information content (AvgIpc) is 3.03. The number of ether oxygens (including phenoxy) is 1. The van der Waals surface area contributed by atoms with Gasteiger partial charge in [-0.15, -0.1) is 0 Å². The van der Waals surface area contributed by atoms with E-state index >= 15 is 0 Å². The van der Waals surface area contributed by atoms with Crippen molar-refractivity contribution < 1.29 is 19.4 Å². The fraction of sp³-hybridized carbons (Fsp3) is 0.250. The van der Waals surface area contributed by atoms with Gasteiger partial charge in [0.1, 0.15) is 5.60 Å². The highest BCUT2D eigenvalue weighted by molar-refractivity contribution is 6.30. The molecule has 0 aliphatic rings. The maximum atomic E-state index is 12.3. The number of carbonyl (C=O) groups excluding carboxylic acids is 2. The van der Waals surface area contributed by atoms with Crippen LogP contribution in [0.4, 0.5) is 10.5 Å². The molecule has 2 aromatic carbocycles. The van der Waals surface area contributed by atoms with Gasteiger partial charge in [-0.1, -0.05) is 23.7 Å². The van der Waals surface area contributed by atoms with Crippen LogP contribution in [0.15, 0.2) is 48.7 Å². The minimum absolute atomic E-state index is 0.392. The van der Waals surface area contributed by atoms with Crippen molar-refractivity contribution in [1.82, 2.24) is 9.78 Å². The van der Waals surface area contributed by atoms with Gasteiger partial charge in [0.25, 0.3) is 5.91 Å². The normalized spacial score (nSPS) is 12.6. The van der Waals surface area contributed by atoms with Crippen LogP contribution in [-0.2, 0) is 9.53 Å². The zero-order valence-electron chi connectivity index (χ0n) is 15.6. The number of aromatic nitrogens is 2. The third kappa shape index (κ3) is 4.49. The summed E-state index contributed by atoms with van der Waals surface area (Å²) in [5.41, 5.74) is 0.758. The van der Waals surface area contributed by atoms with E-state index in [1.165, 1.54) is 12.3 Å². The first kappa shape index (κ1) is 19.9. The van der Waals surface area contributed by atoms with Gasteiger partial charge >= 0.3 is 6.09 Å². The molecule has 0 radical (unpaired) electrons. The second kappa shape index (κ2) is 7.61. The zero-order chi connectivity index (χ0) is 20.5. The highest BCUT2D eigenvalue weighted by Gasteiger charge is 2.21. The molecule has 28 heavy (non-hydrogen) atoms. The van der Waals surface area contributed by atoms with E-state index in [4.69, 9.17) is 16.3 Å². The van der Waals surface area contributed by atoms with Gasteiger partial charge in [-0.25, -0.2) is 4.79 Å². The number of rotatable bonds is 3. The van der Waals surface area contributed by atoms with E-state index in [9.17, 15) is 14.7 Å². The molecule has 3 rings (SSSR count). The van der Waals surface area contributed by atoms with Crippen LogP contribution in [0.5, 0.6) is 0 Å². The minimum atomic E-state index is -1.36. The molecule has 7 nitrogen and oxygen atoms in total. The summed E-state index contributed by atoms with van der Waals surface area (Å²) in [7, 11) is 0. The Balaban J connectivity index is 1.78. The topological polar surface area (TPSA) is 93.5 Å². The molecular formula is C20H20ClN3O4. The Kier molecular flexibility index (Phi) is 5.40. The maximum Gasteiger partial charge on any atom is 0.435 e. The van der Waals surface area contributed by atoms with Crippen LogP contribution in [0.25, 0.3) is 10.9 Å². The highest BCUT2D eigenvalue weighted by atomic mass is 35.5. The molecule has 1 atom stereocenters. The summed E-state index contributed by atoms with van der Waals surface area (Å²) >= 11 is 5.90. The van der Waals surface area contributed by atoms with Crippen LogP contribution >= 0.6 is 11.6 Å². The van der Waals surface area contributed by atoms with Gasteiger partial charge in [0, 0.05) is 16.1 Å². The summed E-state index contributed by atoms with van der Waals surface area (Å²) in [5.74, 6) is -0.596. The molecular weight excluding hydrogens is 382 g/mol. The molecule has 3 aromatic rings. The van der Waals surface area contributed by atoms with Crippen molar-refractivity contribution in [1.29, 1.82) is 0 Å². The number of benzene rings is 2. The number of nitrogens with zero attached hydrogens (tertiary/aromatic N) is 2. The Labute approximate surface area is 166 Å². The molecule has 0 aliphatic carbocycles. The third-order valence-electron chi connectivity index (χ3n) is 3.81. The highest BCUT2D eigenvalue weighted by Crippen LogP contribution is 2.23. The van der Waals surface area contributed by atoms with Crippen molar-refractivity contribution >= 4 is 40.2 Å². The summed E-state index contributed by atoms with van der Waals surface area (Å²) in [5, 5.41) is 18.0. The van der Waals surface area contributed by atoms with E-state index in [0.717, 1.165) is 4.68 Å². The number of aliphatic hydroxyl groups is 1. The summed E-state index contributed by atoms with van der Waals surface area (Å²) in [4.78, 5) is 24.6. The largest absolute Gasteiger partial charge is 0.442 e. The standard InChI is InChI=1S/C20H20ClN3O4/c1-20(2,3)28-19(27)24-16-8-7-15(10-13(16)11-22-24)23-18(26)17(25)12-5-4-6-14(21)9-12/h4-11,17,25H,1-3H3,(H,23,26)/t17-/m1/s1. The van der Waals surface area contributed by atoms with Gasteiger partial charge in [0.2, 0.25) is 0 Å².